The van der Waals surface area contributed by atoms with Gasteiger partial charge in [0.1, 0.15) is 5.82 Å². The second-order valence-electron chi connectivity index (χ2n) is 7.75. The second kappa shape index (κ2) is 11.8. The molecule has 0 aromatic heterocycles. The lowest BCUT2D eigenvalue weighted by atomic mass is 9.94. The number of ether oxygens (including phenoxy) is 1. The standard InChI is InChI=1S/C23H25ClFN3O6/c1-2-33-12-15(22(30)31)10-17(26-21(29)20-27-23(32)34-28-20)9-13-3-5-14(6-4-13)18-11-16(24)7-8-19(18)25/h3-8,11,15,17,20,28H,2,9-10,12H2,1H3,(H,26,29)(H,27,32)(H,30,31)/t15-,17+,20?/m0/s1. The topological polar surface area (TPSA) is 126 Å². The van der Waals surface area contributed by atoms with Crippen LogP contribution in [0.3, 0.4) is 0 Å². The molecular formula is C23H25ClFN3O6. The molecule has 1 aliphatic rings. The third kappa shape index (κ3) is 6.89. The number of carbonyl (C=O) groups is 3. The summed E-state index contributed by atoms with van der Waals surface area (Å²) in [5.41, 5.74) is 4.03. The summed E-state index contributed by atoms with van der Waals surface area (Å²) >= 11 is 5.98. The molecule has 0 aliphatic carbocycles. The Morgan fingerprint density at radius 1 is 1.26 bits per heavy atom. The van der Waals surface area contributed by atoms with Gasteiger partial charge in [-0.05, 0) is 49.1 Å². The van der Waals surface area contributed by atoms with Gasteiger partial charge < -0.3 is 20.0 Å². The summed E-state index contributed by atoms with van der Waals surface area (Å²) in [6, 6.07) is 10.7. The van der Waals surface area contributed by atoms with E-state index in [1.807, 2.05) is 0 Å². The Bertz CT molecular complexity index is 1040. The maximum atomic E-state index is 14.2. The SMILES string of the molecule is CCOC[C@H](C[C@@H](Cc1ccc(-c2cc(Cl)ccc2F)cc1)NC(=O)C1NOC(=O)N1)C(=O)O. The van der Waals surface area contributed by atoms with E-state index >= 15 is 0 Å². The van der Waals surface area contributed by atoms with Crippen LogP contribution in [-0.4, -0.2) is 48.5 Å². The third-order valence-corrected chi connectivity index (χ3v) is 5.49. The minimum Gasteiger partial charge on any atom is -0.481 e. The Labute approximate surface area is 200 Å². The van der Waals surface area contributed by atoms with Crippen molar-refractivity contribution < 1.29 is 33.5 Å². The molecule has 2 aromatic carbocycles. The maximum absolute atomic E-state index is 14.2. The fourth-order valence-electron chi connectivity index (χ4n) is 3.55. The molecule has 1 fully saturated rings. The highest BCUT2D eigenvalue weighted by Crippen LogP contribution is 2.26. The lowest BCUT2D eigenvalue weighted by Gasteiger charge is -2.23. The van der Waals surface area contributed by atoms with Crippen molar-refractivity contribution in [2.24, 2.45) is 5.92 Å². The Kier molecular flexibility index (Phi) is 8.80. The van der Waals surface area contributed by atoms with E-state index < -0.39 is 41.9 Å². The number of hydroxylamine groups is 1. The minimum atomic E-state index is -1.10. The van der Waals surface area contributed by atoms with E-state index in [9.17, 15) is 23.9 Å². The van der Waals surface area contributed by atoms with E-state index in [0.29, 0.717) is 29.2 Å². The molecule has 4 N–H and O–H groups in total. The number of carboxylic acids is 1. The third-order valence-electron chi connectivity index (χ3n) is 5.26. The average Bonchev–Trinajstić information content (AvgIpc) is 3.25. The summed E-state index contributed by atoms with van der Waals surface area (Å²) in [6.07, 6.45) is -1.51. The van der Waals surface area contributed by atoms with Gasteiger partial charge in [-0.25, -0.2) is 9.18 Å². The molecule has 0 spiro atoms. The molecule has 1 saturated heterocycles. The Morgan fingerprint density at radius 3 is 2.62 bits per heavy atom. The summed E-state index contributed by atoms with van der Waals surface area (Å²) in [4.78, 5) is 40.0. The Hall–Kier alpha value is -3.21. The first-order valence-corrected chi connectivity index (χ1v) is 11.0. The number of aliphatic carboxylic acids is 1. The number of rotatable bonds is 11. The van der Waals surface area contributed by atoms with Crippen LogP contribution in [0.1, 0.15) is 18.9 Å². The van der Waals surface area contributed by atoms with Gasteiger partial charge >= 0.3 is 12.1 Å². The van der Waals surface area contributed by atoms with Crippen LogP contribution in [-0.2, 0) is 25.6 Å². The lowest BCUT2D eigenvalue weighted by molar-refractivity contribution is -0.144. The molecule has 1 unspecified atom stereocenters. The van der Waals surface area contributed by atoms with Gasteiger partial charge in [-0.1, -0.05) is 35.9 Å². The zero-order valence-corrected chi connectivity index (χ0v) is 19.1. The van der Waals surface area contributed by atoms with E-state index in [1.165, 1.54) is 18.2 Å². The molecule has 34 heavy (non-hydrogen) atoms. The number of carboxylic acid groups (broad SMARTS) is 1. The second-order valence-corrected chi connectivity index (χ2v) is 8.18. The molecule has 1 aliphatic heterocycles. The zero-order chi connectivity index (χ0) is 24.7. The van der Waals surface area contributed by atoms with Crippen LogP contribution in [0.2, 0.25) is 5.02 Å². The summed E-state index contributed by atoms with van der Waals surface area (Å²) in [5, 5.41) is 15.0. The van der Waals surface area contributed by atoms with Gasteiger partial charge in [0.2, 0.25) is 0 Å². The molecule has 3 rings (SSSR count). The fourth-order valence-corrected chi connectivity index (χ4v) is 3.73. The van der Waals surface area contributed by atoms with Gasteiger partial charge in [0, 0.05) is 23.2 Å². The molecule has 0 radical (unpaired) electrons. The van der Waals surface area contributed by atoms with Crippen LogP contribution in [0.25, 0.3) is 11.1 Å². The first kappa shape index (κ1) is 25.4. The van der Waals surface area contributed by atoms with Crippen LogP contribution in [0.4, 0.5) is 9.18 Å². The first-order valence-electron chi connectivity index (χ1n) is 10.6. The highest BCUT2D eigenvalue weighted by Gasteiger charge is 2.31. The maximum Gasteiger partial charge on any atom is 0.427 e. The molecule has 0 bridgehead atoms. The molecule has 0 saturated carbocycles. The van der Waals surface area contributed by atoms with Gasteiger partial charge in [0.15, 0.2) is 6.17 Å². The number of benzene rings is 2. The van der Waals surface area contributed by atoms with Crippen LogP contribution in [0.5, 0.6) is 0 Å². The highest BCUT2D eigenvalue weighted by molar-refractivity contribution is 6.30. The summed E-state index contributed by atoms with van der Waals surface area (Å²) in [7, 11) is 0. The van der Waals surface area contributed by atoms with Crippen molar-refractivity contribution in [2.45, 2.75) is 32.0 Å². The average molecular weight is 494 g/mol. The van der Waals surface area contributed by atoms with E-state index in [-0.39, 0.29) is 13.0 Å². The van der Waals surface area contributed by atoms with Crippen LogP contribution in [0, 0.1) is 11.7 Å². The van der Waals surface area contributed by atoms with Crippen molar-refractivity contribution in [1.82, 2.24) is 16.1 Å². The largest absolute Gasteiger partial charge is 0.481 e. The van der Waals surface area contributed by atoms with Gasteiger partial charge in [-0.3, -0.25) is 14.9 Å². The monoisotopic (exact) mass is 493 g/mol. The number of hydrogen-bond acceptors (Lipinski definition) is 6. The van der Waals surface area contributed by atoms with Gasteiger partial charge in [-0.2, -0.15) is 0 Å². The Morgan fingerprint density at radius 2 is 2.00 bits per heavy atom. The molecule has 182 valence electrons. The molecule has 2 amide bonds. The van der Waals surface area contributed by atoms with Crippen LogP contribution in [0.15, 0.2) is 42.5 Å². The number of amides is 2. The van der Waals surface area contributed by atoms with E-state index in [0.717, 1.165) is 5.56 Å². The van der Waals surface area contributed by atoms with Crippen molar-refractivity contribution in [3.05, 3.63) is 58.9 Å². The number of halogens is 2. The molecule has 1 heterocycles. The molecule has 3 atom stereocenters. The number of nitrogens with one attached hydrogen (secondary N) is 3. The van der Waals surface area contributed by atoms with Crippen molar-refractivity contribution in [1.29, 1.82) is 0 Å². The number of carbonyl (C=O) groups excluding carboxylic acids is 2. The van der Waals surface area contributed by atoms with Gasteiger partial charge in [0.05, 0.1) is 12.5 Å². The molecule has 2 aromatic rings. The van der Waals surface area contributed by atoms with Gasteiger partial charge in [0.25, 0.3) is 5.91 Å². The molecule has 11 heteroatoms. The van der Waals surface area contributed by atoms with Gasteiger partial charge in [-0.15, -0.1) is 5.48 Å². The molecular weight excluding hydrogens is 469 g/mol. The van der Waals surface area contributed by atoms with Crippen molar-refractivity contribution in [3.63, 3.8) is 0 Å². The minimum absolute atomic E-state index is 0.00723. The smallest absolute Gasteiger partial charge is 0.427 e. The zero-order valence-electron chi connectivity index (χ0n) is 18.3. The van der Waals surface area contributed by atoms with Crippen molar-refractivity contribution >= 4 is 29.6 Å². The normalized spacial score (nSPS) is 16.9. The van der Waals surface area contributed by atoms with Crippen LogP contribution < -0.4 is 16.1 Å². The van der Waals surface area contributed by atoms with Crippen LogP contribution >= 0.6 is 11.6 Å². The van der Waals surface area contributed by atoms with E-state index in [4.69, 9.17) is 16.3 Å². The summed E-state index contributed by atoms with van der Waals surface area (Å²) in [5.74, 6) is -2.88. The van der Waals surface area contributed by atoms with E-state index in [2.05, 4.69) is 21.0 Å². The Balaban J connectivity index is 1.76. The van der Waals surface area contributed by atoms with Crippen molar-refractivity contribution in [2.75, 3.05) is 13.2 Å². The number of hydrogen-bond donors (Lipinski definition) is 4. The van der Waals surface area contributed by atoms with E-state index in [1.54, 1.807) is 31.2 Å². The quantitative estimate of drug-likeness (QED) is 0.379. The predicted molar refractivity (Wildman–Crippen MR) is 121 cm³/mol. The summed E-state index contributed by atoms with van der Waals surface area (Å²) < 4.78 is 19.5. The van der Waals surface area contributed by atoms with Crippen molar-refractivity contribution in [3.8, 4) is 11.1 Å². The fraction of sp³-hybridized carbons (Fsp3) is 0.348. The summed E-state index contributed by atoms with van der Waals surface area (Å²) in [6.45, 7) is 2.11. The predicted octanol–water partition coefficient (Wildman–Crippen LogP) is 2.87. The first-order chi connectivity index (χ1) is 16.3. The molecule has 9 nitrogen and oxygen atoms in total. The highest BCUT2D eigenvalue weighted by atomic mass is 35.5. The lowest BCUT2D eigenvalue weighted by Crippen LogP contribution is -2.51.